The standard InChI is InChI=1S/C26H40O5/c1-3-4-7-12-22(31-26-15-10-11-20-30-26)18-16-21-17-19-24(27)23(21)13-8-5-6-9-14-25(28)29-2/h5,8,16-18,22-23,26H,3-4,6-7,9-15,19-20H2,1-2H3/b8-5-,18-16+/t22-,23+,26?/m0/s1. The van der Waals surface area contributed by atoms with Crippen molar-refractivity contribution in [2.24, 2.45) is 5.92 Å². The summed E-state index contributed by atoms with van der Waals surface area (Å²) in [6, 6.07) is 0. The average Bonchev–Trinajstić information content (AvgIpc) is 3.14. The highest BCUT2D eigenvalue weighted by atomic mass is 16.7. The lowest BCUT2D eigenvalue weighted by Crippen LogP contribution is -2.27. The molecule has 0 aromatic heterocycles. The molecule has 1 fully saturated rings. The zero-order valence-corrected chi connectivity index (χ0v) is 19.4. The third-order valence-corrected chi connectivity index (χ3v) is 5.91. The molecule has 0 amide bonds. The third-order valence-electron chi connectivity index (χ3n) is 5.91. The number of carbonyl (C=O) groups is 2. The Bertz CT molecular complexity index is 628. The van der Waals surface area contributed by atoms with Crippen LogP contribution in [0.15, 0.2) is 36.0 Å². The van der Waals surface area contributed by atoms with Crippen LogP contribution in [0.25, 0.3) is 0 Å². The number of ketones is 1. The van der Waals surface area contributed by atoms with Crippen LogP contribution in [0, 0.1) is 5.92 Å². The van der Waals surface area contributed by atoms with Crippen molar-refractivity contribution in [1.82, 2.24) is 0 Å². The Kier molecular flexibility index (Phi) is 12.5. The fraction of sp³-hybridized carbons (Fsp3) is 0.692. The van der Waals surface area contributed by atoms with Gasteiger partial charge < -0.3 is 14.2 Å². The molecule has 31 heavy (non-hydrogen) atoms. The molecule has 0 spiro atoms. The fourth-order valence-electron chi connectivity index (χ4n) is 3.99. The van der Waals surface area contributed by atoms with E-state index in [2.05, 4.69) is 42.0 Å². The molecule has 0 bridgehead atoms. The molecule has 2 aliphatic rings. The molecule has 1 aliphatic carbocycles. The zero-order chi connectivity index (χ0) is 22.3. The van der Waals surface area contributed by atoms with E-state index in [1.54, 1.807) is 0 Å². The van der Waals surface area contributed by atoms with Crippen LogP contribution >= 0.6 is 0 Å². The lowest BCUT2D eigenvalue weighted by Gasteiger charge is -2.26. The normalized spacial score (nSPS) is 22.9. The third kappa shape index (κ3) is 9.96. The number of unbranched alkanes of at least 4 members (excludes halogenated alkanes) is 3. The summed E-state index contributed by atoms with van der Waals surface area (Å²) >= 11 is 0. The van der Waals surface area contributed by atoms with Gasteiger partial charge in [-0.3, -0.25) is 9.59 Å². The SMILES string of the molecule is CCCCC[C@@H](/C=C/C1=CCC(=O)[C@@H]1C/C=C\CCCC(=O)OC)OC1CCCCO1. The summed E-state index contributed by atoms with van der Waals surface area (Å²) in [7, 11) is 1.41. The van der Waals surface area contributed by atoms with Gasteiger partial charge in [0.1, 0.15) is 5.78 Å². The van der Waals surface area contributed by atoms with Gasteiger partial charge in [-0.1, -0.05) is 56.6 Å². The number of allylic oxidation sites excluding steroid dienone is 5. The summed E-state index contributed by atoms with van der Waals surface area (Å²) in [5, 5.41) is 0. The van der Waals surface area contributed by atoms with E-state index in [1.165, 1.54) is 20.0 Å². The molecule has 1 saturated heterocycles. The van der Waals surface area contributed by atoms with Gasteiger partial charge in [-0.15, -0.1) is 0 Å². The van der Waals surface area contributed by atoms with E-state index in [1.807, 2.05) is 0 Å². The van der Waals surface area contributed by atoms with Crippen molar-refractivity contribution in [2.45, 2.75) is 96.4 Å². The molecule has 5 heteroatoms. The number of rotatable bonds is 14. The lowest BCUT2D eigenvalue weighted by atomic mass is 9.95. The van der Waals surface area contributed by atoms with E-state index < -0.39 is 0 Å². The second kappa shape index (κ2) is 15.1. The number of Topliss-reactive ketones (excluding diaryl/α,β-unsaturated/α-hetero) is 1. The fourth-order valence-corrected chi connectivity index (χ4v) is 3.99. The summed E-state index contributed by atoms with van der Waals surface area (Å²) in [5.41, 5.74) is 1.10. The maximum atomic E-state index is 12.4. The van der Waals surface area contributed by atoms with Gasteiger partial charge in [-0.25, -0.2) is 0 Å². The molecule has 1 unspecified atom stereocenters. The highest BCUT2D eigenvalue weighted by Crippen LogP contribution is 2.28. The van der Waals surface area contributed by atoms with Gasteiger partial charge in [0.25, 0.3) is 0 Å². The highest BCUT2D eigenvalue weighted by Gasteiger charge is 2.25. The van der Waals surface area contributed by atoms with Crippen LogP contribution in [0.4, 0.5) is 0 Å². The van der Waals surface area contributed by atoms with Gasteiger partial charge in [0.05, 0.1) is 13.2 Å². The zero-order valence-electron chi connectivity index (χ0n) is 19.4. The Morgan fingerprint density at radius 2 is 2.13 bits per heavy atom. The van der Waals surface area contributed by atoms with E-state index in [4.69, 9.17) is 9.47 Å². The molecule has 0 saturated carbocycles. The quantitative estimate of drug-likeness (QED) is 0.196. The van der Waals surface area contributed by atoms with Crippen molar-refractivity contribution < 1.29 is 23.8 Å². The van der Waals surface area contributed by atoms with Gasteiger partial charge in [0.15, 0.2) is 6.29 Å². The molecule has 3 atom stereocenters. The number of esters is 1. The van der Waals surface area contributed by atoms with Gasteiger partial charge >= 0.3 is 5.97 Å². The molecule has 1 aliphatic heterocycles. The number of hydrogen-bond acceptors (Lipinski definition) is 5. The first kappa shape index (κ1) is 25.5. The van der Waals surface area contributed by atoms with E-state index >= 15 is 0 Å². The van der Waals surface area contributed by atoms with Crippen LogP contribution in [-0.2, 0) is 23.8 Å². The monoisotopic (exact) mass is 432 g/mol. The summed E-state index contributed by atoms with van der Waals surface area (Å²) < 4.78 is 16.7. The summed E-state index contributed by atoms with van der Waals surface area (Å²) in [6.45, 7) is 2.99. The number of ether oxygens (including phenoxy) is 3. The number of methoxy groups -OCH3 is 1. The minimum absolute atomic E-state index is 0.0285. The predicted molar refractivity (Wildman–Crippen MR) is 123 cm³/mol. The maximum Gasteiger partial charge on any atom is 0.305 e. The first-order chi connectivity index (χ1) is 15.1. The smallest absolute Gasteiger partial charge is 0.305 e. The Labute approximate surface area is 187 Å². The Hall–Kier alpha value is -1.72. The van der Waals surface area contributed by atoms with Gasteiger partial charge in [-0.05, 0) is 50.5 Å². The van der Waals surface area contributed by atoms with Gasteiger partial charge in [-0.2, -0.15) is 0 Å². The number of carbonyl (C=O) groups excluding carboxylic acids is 2. The van der Waals surface area contributed by atoms with Crippen molar-refractivity contribution in [2.75, 3.05) is 13.7 Å². The Balaban J connectivity index is 1.86. The predicted octanol–water partition coefficient (Wildman–Crippen LogP) is 5.84. The van der Waals surface area contributed by atoms with Gasteiger partial charge in [0.2, 0.25) is 0 Å². The summed E-state index contributed by atoms with van der Waals surface area (Å²) in [6.07, 6.45) is 21.3. The number of hydrogen-bond donors (Lipinski definition) is 0. The molecule has 0 radical (unpaired) electrons. The second-order valence-corrected chi connectivity index (χ2v) is 8.43. The van der Waals surface area contributed by atoms with Crippen LogP contribution < -0.4 is 0 Å². The first-order valence-electron chi connectivity index (χ1n) is 12.0. The lowest BCUT2D eigenvalue weighted by molar-refractivity contribution is -0.179. The van der Waals surface area contributed by atoms with Crippen molar-refractivity contribution in [3.05, 3.63) is 36.0 Å². The second-order valence-electron chi connectivity index (χ2n) is 8.43. The molecular weight excluding hydrogens is 392 g/mol. The summed E-state index contributed by atoms with van der Waals surface area (Å²) in [5.74, 6) is 0.0253. The van der Waals surface area contributed by atoms with Crippen molar-refractivity contribution in [3.8, 4) is 0 Å². The topological polar surface area (TPSA) is 61.8 Å². The molecule has 0 aromatic carbocycles. The van der Waals surface area contributed by atoms with Crippen LogP contribution in [0.2, 0.25) is 0 Å². The van der Waals surface area contributed by atoms with E-state index in [0.29, 0.717) is 19.3 Å². The molecule has 0 N–H and O–H groups in total. The van der Waals surface area contributed by atoms with Crippen LogP contribution in [-0.4, -0.2) is 37.9 Å². The van der Waals surface area contributed by atoms with Crippen molar-refractivity contribution >= 4 is 11.8 Å². The van der Waals surface area contributed by atoms with Crippen LogP contribution in [0.5, 0.6) is 0 Å². The molecule has 5 nitrogen and oxygen atoms in total. The van der Waals surface area contributed by atoms with Crippen LogP contribution in [0.3, 0.4) is 0 Å². The van der Waals surface area contributed by atoms with E-state index in [9.17, 15) is 9.59 Å². The largest absolute Gasteiger partial charge is 0.469 e. The highest BCUT2D eigenvalue weighted by molar-refractivity contribution is 5.89. The van der Waals surface area contributed by atoms with Crippen molar-refractivity contribution in [3.63, 3.8) is 0 Å². The van der Waals surface area contributed by atoms with E-state index in [-0.39, 0.29) is 30.1 Å². The minimum atomic E-state index is -0.177. The van der Waals surface area contributed by atoms with Crippen molar-refractivity contribution in [1.29, 1.82) is 0 Å². The van der Waals surface area contributed by atoms with Crippen LogP contribution in [0.1, 0.15) is 84.0 Å². The molecule has 0 aromatic rings. The Morgan fingerprint density at radius 3 is 2.87 bits per heavy atom. The minimum Gasteiger partial charge on any atom is -0.469 e. The molecule has 1 heterocycles. The molecule has 2 rings (SSSR count). The summed E-state index contributed by atoms with van der Waals surface area (Å²) in [4.78, 5) is 23.5. The average molecular weight is 433 g/mol. The molecule has 174 valence electrons. The molecular formula is C26H40O5. The Morgan fingerprint density at radius 1 is 1.26 bits per heavy atom. The van der Waals surface area contributed by atoms with Gasteiger partial charge in [0, 0.05) is 25.4 Å². The maximum absolute atomic E-state index is 12.4. The van der Waals surface area contributed by atoms with E-state index in [0.717, 1.165) is 57.1 Å². The first-order valence-corrected chi connectivity index (χ1v) is 12.0.